The maximum absolute atomic E-state index is 11.9. The number of nitrogens with one attached hydrogen (secondary N) is 1. The number of hydrogen-bond donors (Lipinski definition) is 1. The van der Waals surface area contributed by atoms with Gasteiger partial charge in [-0.15, -0.1) is 4.74 Å². The fourth-order valence-corrected chi connectivity index (χ4v) is 2.04. The molecule has 0 aromatic carbocycles. The summed E-state index contributed by atoms with van der Waals surface area (Å²) in [5.74, 6) is 0.131. The van der Waals surface area contributed by atoms with Crippen LogP contribution in [0.25, 0.3) is 0 Å². The van der Waals surface area contributed by atoms with Crippen LogP contribution in [0.1, 0.15) is 17.0 Å². The minimum absolute atomic E-state index is 0.194. The summed E-state index contributed by atoms with van der Waals surface area (Å²) in [6, 6.07) is 1.67. The zero-order chi connectivity index (χ0) is 12.4. The van der Waals surface area contributed by atoms with Crippen molar-refractivity contribution in [3.63, 3.8) is 0 Å². The second-order valence-electron chi connectivity index (χ2n) is 4.43. The number of rotatable bonds is 3. The Morgan fingerprint density at radius 1 is 1.71 bits per heavy atom. The minimum atomic E-state index is -0.398. The largest absolute Gasteiger partial charge is 0.373 e. The number of carbonyl (C=O) groups excluding carboxylic acids is 1. The van der Waals surface area contributed by atoms with Gasteiger partial charge < -0.3 is 9.84 Å². The molecule has 1 saturated heterocycles. The normalized spacial score (nSPS) is 20.1. The third kappa shape index (κ3) is 2.65. The molecule has 1 N–H and O–H groups in total. The van der Waals surface area contributed by atoms with Gasteiger partial charge in [0.1, 0.15) is 5.76 Å². The first kappa shape index (κ1) is 12.1. The van der Waals surface area contributed by atoms with Crippen LogP contribution in [0.3, 0.4) is 0 Å². The molecule has 2 rings (SSSR count). The van der Waals surface area contributed by atoms with Crippen molar-refractivity contribution in [2.75, 3.05) is 26.7 Å². The van der Waals surface area contributed by atoms with Gasteiger partial charge in [0.05, 0.1) is 6.54 Å². The fraction of sp³-hybridized carbons (Fsp3) is 0.636. The lowest BCUT2D eigenvalue weighted by Gasteiger charge is -2.21. The van der Waals surface area contributed by atoms with Gasteiger partial charge in [0.15, 0.2) is 0 Å². The summed E-state index contributed by atoms with van der Waals surface area (Å²) in [5.41, 5.74) is -0.398. The second kappa shape index (κ2) is 4.85. The summed E-state index contributed by atoms with van der Waals surface area (Å²) in [7, 11) is 1.89. The minimum Gasteiger partial charge on any atom is -0.373 e. The van der Waals surface area contributed by atoms with Crippen LogP contribution in [-0.2, 0) is 0 Å². The molecule has 1 aromatic rings. The van der Waals surface area contributed by atoms with Gasteiger partial charge in [0, 0.05) is 18.7 Å². The molecule has 1 aliphatic rings. The standard InChI is InChI=1S/C11H17N3O3/c1-8-5-10(15)14(17-8)11(16)7-13(2)9-3-4-12-6-9/h5,9,12H,3-4,6-7H2,1-2H3. The van der Waals surface area contributed by atoms with Crippen molar-refractivity contribution in [2.24, 2.45) is 0 Å². The van der Waals surface area contributed by atoms with Gasteiger partial charge in [-0.05, 0) is 26.9 Å². The summed E-state index contributed by atoms with van der Waals surface area (Å²) in [5, 5.41) is 3.24. The molecule has 1 aromatic heterocycles. The van der Waals surface area contributed by atoms with E-state index >= 15 is 0 Å². The fourth-order valence-electron chi connectivity index (χ4n) is 2.04. The van der Waals surface area contributed by atoms with Gasteiger partial charge in [-0.2, -0.15) is 0 Å². The molecule has 0 amide bonds. The summed E-state index contributed by atoms with van der Waals surface area (Å²) in [6.07, 6.45) is 1.02. The van der Waals surface area contributed by atoms with E-state index in [9.17, 15) is 9.59 Å². The smallest absolute Gasteiger partial charge is 0.290 e. The Morgan fingerprint density at radius 2 is 2.47 bits per heavy atom. The molecule has 17 heavy (non-hydrogen) atoms. The first-order valence-corrected chi connectivity index (χ1v) is 5.72. The topological polar surface area (TPSA) is 67.5 Å². The highest BCUT2D eigenvalue weighted by Gasteiger charge is 2.22. The highest BCUT2D eigenvalue weighted by molar-refractivity contribution is 5.79. The molecule has 1 unspecified atom stereocenters. The molecule has 0 aliphatic carbocycles. The molecule has 0 saturated carbocycles. The highest BCUT2D eigenvalue weighted by atomic mass is 16.5. The van der Waals surface area contributed by atoms with Crippen LogP contribution in [0.5, 0.6) is 0 Å². The van der Waals surface area contributed by atoms with E-state index in [0.29, 0.717) is 11.8 Å². The van der Waals surface area contributed by atoms with Crippen LogP contribution in [0.2, 0.25) is 0 Å². The third-order valence-corrected chi connectivity index (χ3v) is 3.03. The first-order chi connectivity index (χ1) is 8.08. The Hall–Kier alpha value is -1.40. The van der Waals surface area contributed by atoms with Crippen LogP contribution in [0.15, 0.2) is 15.4 Å². The number of likely N-dealkylation sites (N-methyl/N-ethyl adjacent to an activating group) is 1. The van der Waals surface area contributed by atoms with Crippen molar-refractivity contribution >= 4 is 5.91 Å². The van der Waals surface area contributed by atoms with Gasteiger partial charge in [-0.1, -0.05) is 0 Å². The monoisotopic (exact) mass is 239 g/mol. The van der Waals surface area contributed by atoms with Crippen molar-refractivity contribution in [1.29, 1.82) is 0 Å². The van der Waals surface area contributed by atoms with Crippen molar-refractivity contribution in [3.8, 4) is 0 Å². The summed E-state index contributed by atoms with van der Waals surface area (Å²) >= 11 is 0. The van der Waals surface area contributed by atoms with Crippen molar-refractivity contribution < 1.29 is 9.32 Å². The molecule has 6 nitrogen and oxygen atoms in total. The van der Waals surface area contributed by atoms with E-state index in [1.165, 1.54) is 6.07 Å². The lowest BCUT2D eigenvalue weighted by atomic mass is 10.2. The SMILES string of the molecule is Cc1cc(=O)n(C(=O)CN(C)C2CCNC2)o1. The first-order valence-electron chi connectivity index (χ1n) is 5.72. The molecule has 2 heterocycles. The lowest BCUT2D eigenvalue weighted by Crippen LogP contribution is -2.40. The molecule has 0 bridgehead atoms. The number of nitrogens with zero attached hydrogens (tertiary/aromatic N) is 2. The van der Waals surface area contributed by atoms with Gasteiger partial charge in [-0.25, -0.2) is 0 Å². The van der Waals surface area contributed by atoms with Crippen molar-refractivity contribution in [3.05, 3.63) is 22.2 Å². The molecule has 0 spiro atoms. The Morgan fingerprint density at radius 3 is 3.00 bits per heavy atom. The molecule has 1 atom stereocenters. The van der Waals surface area contributed by atoms with Crippen LogP contribution in [-0.4, -0.2) is 48.3 Å². The van der Waals surface area contributed by atoms with E-state index in [4.69, 9.17) is 4.52 Å². The summed E-state index contributed by atoms with van der Waals surface area (Å²) < 4.78 is 5.88. The maximum Gasteiger partial charge on any atom is 0.290 e. The zero-order valence-corrected chi connectivity index (χ0v) is 10.1. The summed E-state index contributed by atoms with van der Waals surface area (Å²) in [6.45, 7) is 3.70. The van der Waals surface area contributed by atoms with Crippen LogP contribution >= 0.6 is 0 Å². The van der Waals surface area contributed by atoms with E-state index in [-0.39, 0.29) is 12.5 Å². The van der Waals surface area contributed by atoms with E-state index in [0.717, 1.165) is 24.3 Å². The van der Waals surface area contributed by atoms with Crippen LogP contribution in [0, 0.1) is 6.92 Å². The second-order valence-corrected chi connectivity index (χ2v) is 4.43. The Labute approximate surface area is 99.2 Å². The highest BCUT2D eigenvalue weighted by Crippen LogP contribution is 2.06. The van der Waals surface area contributed by atoms with Gasteiger partial charge >= 0.3 is 0 Å². The zero-order valence-electron chi connectivity index (χ0n) is 10.1. The molecular weight excluding hydrogens is 222 g/mol. The molecule has 6 heteroatoms. The van der Waals surface area contributed by atoms with E-state index in [2.05, 4.69) is 5.32 Å². The van der Waals surface area contributed by atoms with E-state index < -0.39 is 5.56 Å². The number of carbonyl (C=O) groups is 1. The average molecular weight is 239 g/mol. The Kier molecular flexibility index (Phi) is 3.44. The lowest BCUT2D eigenvalue weighted by molar-refractivity contribution is 0.0709. The Bertz CT molecular complexity index is 457. The summed E-state index contributed by atoms with van der Waals surface area (Å²) in [4.78, 5) is 25.2. The molecule has 1 fully saturated rings. The predicted octanol–water partition coefficient (Wildman–Crippen LogP) is -0.316. The van der Waals surface area contributed by atoms with Crippen molar-refractivity contribution in [1.82, 2.24) is 15.0 Å². The van der Waals surface area contributed by atoms with Crippen LogP contribution in [0.4, 0.5) is 0 Å². The molecular formula is C11H17N3O3. The van der Waals surface area contributed by atoms with Crippen LogP contribution < -0.4 is 10.9 Å². The number of aromatic nitrogens is 1. The Balaban J connectivity index is 2.01. The number of aryl methyl sites for hydroxylation is 1. The number of hydrogen-bond acceptors (Lipinski definition) is 5. The molecule has 1 aliphatic heterocycles. The average Bonchev–Trinajstić information content (AvgIpc) is 2.87. The molecule has 94 valence electrons. The van der Waals surface area contributed by atoms with Gasteiger partial charge in [0.2, 0.25) is 0 Å². The van der Waals surface area contributed by atoms with E-state index in [1.54, 1.807) is 6.92 Å². The van der Waals surface area contributed by atoms with Gasteiger partial charge in [0.25, 0.3) is 11.5 Å². The quantitative estimate of drug-likeness (QED) is 0.783. The third-order valence-electron chi connectivity index (χ3n) is 3.03. The predicted molar refractivity (Wildman–Crippen MR) is 62.2 cm³/mol. The van der Waals surface area contributed by atoms with E-state index in [1.807, 2.05) is 11.9 Å². The maximum atomic E-state index is 11.9. The van der Waals surface area contributed by atoms with Gasteiger partial charge in [-0.3, -0.25) is 14.5 Å². The molecule has 0 radical (unpaired) electrons. The van der Waals surface area contributed by atoms with Crippen molar-refractivity contribution in [2.45, 2.75) is 19.4 Å².